The Balaban J connectivity index is 1.55. The number of carbonyl (C=O) groups excluding carboxylic acids is 3. The molecule has 1 aliphatic rings. The van der Waals surface area contributed by atoms with E-state index in [4.69, 9.17) is 9.47 Å². The van der Waals surface area contributed by atoms with Gasteiger partial charge in [0.1, 0.15) is 12.3 Å². The molecule has 9 heteroatoms. The van der Waals surface area contributed by atoms with E-state index >= 15 is 0 Å². The fourth-order valence-corrected chi connectivity index (χ4v) is 3.92. The highest BCUT2D eigenvalue weighted by Gasteiger charge is 2.28. The van der Waals surface area contributed by atoms with Crippen LogP contribution in [-0.2, 0) is 14.3 Å². The summed E-state index contributed by atoms with van der Waals surface area (Å²) in [6, 6.07) is 12.6. The summed E-state index contributed by atoms with van der Waals surface area (Å²) in [4.78, 5) is 42.6. The van der Waals surface area contributed by atoms with E-state index in [1.807, 2.05) is 30.5 Å². The van der Waals surface area contributed by atoms with E-state index in [0.29, 0.717) is 27.8 Å². The van der Waals surface area contributed by atoms with Gasteiger partial charge >= 0.3 is 5.97 Å². The van der Waals surface area contributed by atoms with Crippen LogP contribution in [0.25, 0.3) is 11.3 Å². The van der Waals surface area contributed by atoms with Crippen LogP contribution in [-0.4, -0.2) is 42.5 Å². The number of rotatable bonds is 6. The Kier molecular flexibility index (Phi) is 6.18. The van der Waals surface area contributed by atoms with Crippen molar-refractivity contribution in [1.82, 2.24) is 4.98 Å². The third-order valence-electron chi connectivity index (χ3n) is 4.83. The summed E-state index contributed by atoms with van der Waals surface area (Å²) < 4.78 is 10.5. The minimum atomic E-state index is -0.492. The summed E-state index contributed by atoms with van der Waals surface area (Å²) in [5.74, 6) is -0.558. The van der Waals surface area contributed by atoms with E-state index in [-0.39, 0.29) is 31.6 Å². The van der Waals surface area contributed by atoms with Gasteiger partial charge in [0.25, 0.3) is 11.8 Å². The quantitative estimate of drug-likeness (QED) is 0.575. The van der Waals surface area contributed by atoms with Crippen molar-refractivity contribution >= 4 is 39.9 Å². The van der Waals surface area contributed by atoms with Crippen molar-refractivity contribution in [3.05, 3.63) is 59.0 Å². The average Bonchev–Trinajstić information content (AvgIpc) is 3.24. The van der Waals surface area contributed by atoms with Crippen LogP contribution >= 0.6 is 11.3 Å². The minimum absolute atomic E-state index is 0.141. The number of amides is 2. The number of nitrogens with zero attached hydrogens (tertiary/aromatic N) is 2. The predicted octanol–water partition coefficient (Wildman–Crippen LogP) is 3.66. The van der Waals surface area contributed by atoms with Crippen molar-refractivity contribution < 1.29 is 23.9 Å². The lowest BCUT2D eigenvalue weighted by Crippen LogP contribution is -2.42. The van der Waals surface area contributed by atoms with Crippen LogP contribution in [0.1, 0.15) is 22.8 Å². The number of hydrogen-bond acceptors (Lipinski definition) is 7. The lowest BCUT2D eigenvalue weighted by molar-refractivity contribution is -0.142. The first-order valence-corrected chi connectivity index (χ1v) is 10.9. The monoisotopic (exact) mass is 451 g/mol. The van der Waals surface area contributed by atoms with Crippen LogP contribution in [0.15, 0.2) is 47.8 Å². The molecule has 0 bridgehead atoms. The van der Waals surface area contributed by atoms with Gasteiger partial charge in [-0.15, -0.1) is 11.3 Å². The van der Waals surface area contributed by atoms with Crippen molar-refractivity contribution in [2.24, 2.45) is 0 Å². The van der Waals surface area contributed by atoms with E-state index in [2.05, 4.69) is 10.3 Å². The summed E-state index contributed by atoms with van der Waals surface area (Å²) in [5.41, 5.74) is 3.45. The Morgan fingerprint density at radius 2 is 2.00 bits per heavy atom. The molecule has 0 radical (unpaired) electrons. The summed E-state index contributed by atoms with van der Waals surface area (Å²) in [6.07, 6.45) is 0. The number of anilines is 2. The molecule has 32 heavy (non-hydrogen) atoms. The van der Waals surface area contributed by atoms with E-state index < -0.39 is 5.97 Å². The van der Waals surface area contributed by atoms with Crippen LogP contribution in [0.3, 0.4) is 0 Å². The number of carbonyl (C=O) groups is 3. The standard InChI is InChI=1S/C23H21N3O5S/c1-3-30-21(28)11-26-18-10-16(8-9-19(18)31-12-20(26)27)17-13-32-23(24-17)25-22(29)15-6-4-14(2)5-7-15/h4-10,13H,3,11-12H2,1-2H3,(H,24,25,29). The van der Waals surface area contributed by atoms with Gasteiger partial charge in [-0.25, -0.2) is 4.98 Å². The van der Waals surface area contributed by atoms with Crippen molar-refractivity contribution in [3.8, 4) is 17.0 Å². The number of aromatic nitrogens is 1. The van der Waals surface area contributed by atoms with Crippen LogP contribution in [0.5, 0.6) is 5.75 Å². The molecular formula is C23H21N3O5S. The molecule has 0 saturated heterocycles. The molecule has 1 N–H and O–H groups in total. The molecule has 0 spiro atoms. The molecule has 8 nitrogen and oxygen atoms in total. The SMILES string of the molecule is CCOC(=O)CN1C(=O)COc2ccc(-c3csc(NC(=O)c4ccc(C)cc4)n3)cc21. The van der Waals surface area contributed by atoms with E-state index in [1.54, 1.807) is 31.2 Å². The van der Waals surface area contributed by atoms with Crippen LogP contribution in [0, 0.1) is 6.92 Å². The third-order valence-corrected chi connectivity index (χ3v) is 5.59. The summed E-state index contributed by atoms with van der Waals surface area (Å²) in [6.45, 7) is 3.57. The maximum atomic E-state index is 12.4. The molecule has 1 aromatic heterocycles. The molecule has 2 amide bonds. The lowest BCUT2D eigenvalue weighted by atomic mass is 10.1. The fraction of sp³-hybridized carbons (Fsp3) is 0.217. The van der Waals surface area contributed by atoms with Crippen LogP contribution in [0.2, 0.25) is 0 Å². The molecule has 4 rings (SSSR count). The van der Waals surface area contributed by atoms with Crippen molar-refractivity contribution in [2.75, 3.05) is 30.0 Å². The molecule has 2 aromatic carbocycles. The number of benzene rings is 2. The molecule has 3 aromatic rings. The summed E-state index contributed by atoms with van der Waals surface area (Å²) >= 11 is 1.30. The Labute approximate surface area is 188 Å². The molecule has 0 atom stereocenters. The second-order valence-electron chi connectivity index (χ2n) is 7.11. The number of thiazole rings is 1. The van der Waals surface area contributed by atoms with Gasteiger partial charge in [0.05, 0.1) is 18.0 Å². The van der Waals surface area contributed by atoms with E-state index in [1.165, 1.54) is 16.2 Å². The van der Waals surface area contributed by atoms with Gasteiger partial charge in [-0.1, -0.05) is 17.7 Å². The maximum Gasteiger partial charge on any atom is 0.326 e. The number of fused-ring (bicyclic) bond motifs is 1. The molecule has 0 saturated carbocycles. The predicted molar refractivity (Wildman–Crippen MR) is 121 cm³/mol. The average molecular weight is 452 g/mol. The van der Waals surface area contributed by atoms with Crippen molar-refractivity contribution in [2.45, 2.75) is 13.8 Å². The van der Waals surface area contributed by atoms with Gasteiger partial charge < -0.3 is 9.47 Å². The Morgan fingerprint density at radius 1 is 1.22 bits per heavy atom. The first-order chi connectivity index (χ1) is 15.4. The Hall–Kier alpha value is -3.72. The van der Waals surface area contributed by atoms with Gasteiger partial charge in [-0.05, 0) is 44.2 Å². The third kappa shape index (κ3) is 4.62. The second-order valence-corrected chi connectivity index (χ2v) is 7.97. The summed E-state index contributed by atoms with van der Waals surface area (Å²) in [5, 5.41) is 5.07. The zero-order valence-electron chi connectivity index (χ0n) is 17.6. The van der Waals surface area contributed by atoms with E-state index in [0.717, 1.165) is 11.1 Å². The van der Waals surface area contributed by atoms with E-state index in [9.17, 15) is 14.4 Å². The Bertz CT molecular complexity index is 1170. The molecule has 0 fully saturated rings. The number of esters is 1. The summed E-state index contributed by atoms with van der Waals surface area (Å²) in [7, 11) is 0. The molecule has 0 unspecified atom stereocenters. The smallest absolute Gasteiger partial charge is 0.326 e. The topological polar surface area (TPSA) is 97.8 Å². The minimum Gasteiger partial charge on any atom is -0.482 e. The molecule has 0 aliphatic carbocycles. The normalized spacial score (nSPS) is 12.7. The van der Waals surface area contributed by atoms with Gasteiger partial charge in [0, 0.05) is 16.5 Å². The van der Waals surface area contributed by atoms with Gasteiger partial charge in [0.2, 0.25) is 0 Å². The van der Waals surface area contributed by atoms with Crippen molar-refractivity contribution in [3.63, 3.8) is 0 Å². The first-order valence-electron chi connectivity index (χ1n) is 10.0. The van der Waals surface area contributed by atoms with Gasteiger partial charge in [-0.2, -0.15) is 0 Å². The van der Waals surface area contributed by atoms with Crippen LogP contribution in [0.4, 0.5) is 10.8 Å². The second kappa shape index (κ2) is 9.19. The maximum absolute atomic E-state index is 12.4. The van der Waals surface area contributed by atoms with Crippen molar-refractivity contribution in [1.29, 1.82) is 0 Å². The molecule has 2 heterocycles. The van der Waals surface area contributed by atoms with Gasteiger partial charge in [0.15, 0.2) is 11.7 Å². The molecular weight excluding hydrogens is 430 g/mol. The number of ether oxygens (including phenoxy) is 2. The fourth-order valence-electron chi connectivity index (χ4n) is 3.21. The number of nitrogens with one attached hydrogen (secondary N) is 1. The highest BCUT2D eigenvalue weighted by Crippen LogP contribution is 2.36. The molecule has 1 aliphatic heterocycles. The zero-order valence-corrected chi connectivity index (χ0v) is 18.4. The number of aryl methyl sites for hydroxylation is 1. The largest absolute Gasteiger partial charge is 0.482 e. The highest BCUT2D eigenvalue weighted by molar-refractivity contribution is 7.14. The number of hydrogen-bond donors (Lipinski definition) is 1. The zero-order chi connectivity index (χ0) is 22.7. The molecule has 164 valence electrons. The van der Waals surface area contributed by atoms with Gasteiger partial charge in [-0.3, -0.25) is 24.6 Å². The lowest BCUT2D eigenvalue weighted by Gasteiger charge is -2.28. The first kappa shape index (κ1) is 21.5. The highest BCUT2D eigenvalue weighted by atomic mass is 32.1. The van der Waals surface area contributed by atoms with Crippen LogP contribution < -0.4 is 15.0 Å². The Morgan fingerprint density at radius 3 is 2.75 bits per heavy atom.